The maximum atomic E-state index is 15.0. The SMILES string of the molecule is CCC1OC(O)C(NC(=O)c2ccccc2P(=O)(c2ccccc2)c2ccccc2)[C@@H](OC(C)=O)[C@@H]1OC(C)=O. The number of nitrogens with one attached hydrogen (secondary N) is 1. The number of rotatable bonds is 8. The van der Waals surface area contributed by atoms with Gasteiger partial charge in [0.05, 0.1) is 5.56 Å². The van der Waals surface area contributed by atoms with Gasteiger partial charge in [0.1, 0.15) is 12.1 Å². The topological polar surface area (TPSA) is 128 Å². The van der Waals surface area contributed by atoms with Gasteiger partial charge in [0.2, 0.25) is 0 Å². The molecule has 3 aromatic carbocycles. The van der Waals surface area contributed by atoms with Gasteiger partial charge in [-0.2, -0.15) is 0 Å². The first-order valence-electron chi connectivity index (χ1n) is 13.0. The van der Waals surface area contributed by atoms with Gasteiger partial charge in [0.15, 0.2) is 25.6 Å². The number of carbonyl (C=O) groups excluding carboxylic acids is 3. The Kier molecular flexibility index (Phi) is 9.20. The zero-order valence-electron chi connectivity index (χ0n) is 22.4. The van der Waals surface area contributed by atoms with Gasteiger partial charge in [-0.3, -0.25) is 14.4 Å². The number of ether oxygens (including phenoxy) is 3. The Morgan fingerprint density at radius 2 is 1.32 bits per heavy atom. The Hall–Kier alpha value is -3.78. The van der Waals surface area contributed by atoms with Gasteiger partial charge in [0.25, 0.3) is 5.91 Å². The number of carbonyl (C=O) groups is 3. The summed E-state index contributed by atoms with van der Waals surface area (Å²) in [7, 11) is -3.53. The normalized spacial score (nSPS) is 22.6. The third kappa shape index (κ3) is 6.02. The lowest BCUT2D eigenvalue weighted by Gasteiger charge is -2.43. The van der Waals surface area contributed by atoms with Crippen molar-refractivity contribution in [3.8, 4) is 0 Å². The second-order valence-electron chi connectivity index (χ2n) is 9.42. The van der Waals surface area contributed by atoms with Crippen LogP contribution in [0.3, 0.4) is 0 Å². The molecule has 0 bridgehead atoms. The van der Waals surface area contributed by atoms with Crippen molar-refractivity contribution in [2.75, 3.05) is 0 Å². The maximum Gasteiger partial charge on any atom is 0.303 e. The highest BCUT2D eigenvalue weighted by atomic mass is 31.2. The van der Waals surface area contributed by atoms with Crippen LogP contribution in [0.2, 0.25) is 0 Å². The summed E-state index contributed by atoms with van der Waals surface area (Å²) in [4.78, 5) is 37.7. The minimum atomic E-state index is -3.53. The predicted molar refractivity (Wildman–Crippen MR) is 149 cm³/mol. The first kappa shape index (κ1) is 29.2. The van der Waals surface area contributed by atoms with Crippen LogP contribution in [-0.4, -0.2) is 53.6 Å². The van der Waals surface area contributed by atoms with Crippen molar-refractivity contribution >= 4 is 40.9 Å². The van der Waals surface area contributed by atoms with E-state index in [1.807, 2.05) is 12.1 Å². The predicted octanol–water partition coefficient (Wildman–Crippen LogP) is 2.42. The van der Waals surface area contributed by atoms with Gasteiger partial charge in [0, 0.05) is 29.8 Å². The molecule has 1 saturated heterocycles. The Morgan fingerprint density at radius 3 is 1.85 bits per heavy atom. The van der Waals surface area contributed by atoms with E-state index >= 15 is 0 Å². The summed E-state index contributed by atoms with van der Waals surface area (Å²) < 4.78 is 31.5. The van der Waals surface area contributed by atoms with E-state index in [1.165, 1.54) is 13.8 Å². The highest BCUT2D eigenvalue weighted by Crippen LogP contribution is 2.43. The van der Waals surface area contributed by atoms with E-state index in [1.54, 1.807) is 79.7 Å². The number of hydrogen-bond donors (Lipinski definition) is 2. The minimum absolute atomic E-state index is 0.106. The number of aliphatic hydroxyl groups excluding tert-OH is 1. The third-order valence-electron chi connectivity index (χ3n) is 6.70. The van der Waals surface area contributed by atoms with Crippen LogP contribution in [-0.2, 0) is 28.4 Å². The largest absolute Gasteiger partial charge is 0.456 e. The van der Waals surface area contributed by atoms with Crippen LogP contribution < -0.4 is 21.2 Å². The van der Waals surface area contributed by atoms with Gasteiger partial charge in [-0.15, -0.1) is 0 Å². The molecule has 1 fully saturated rings. The van der Waals surface area contributed by atoms with E-state index in [-0.39, 0.29) is 5.56 Å². The average Bonchev–Trinajstić information content (AvgIpc) is 2.96. The molecule has 9 nitrogen and oxygen atoms in total. The highest BCUT2D eigenvalue weighted by Gasteiger charge is 2.49. The molecule has 40 heavy (non-hydrogen) atoms. The molecule has 0 saturated carbocycles. The van der Waals surface area contributed by atoms with Crippen LogP contribution in [0.4, 0.5) is 0 Å². The molecule has 10 heteroatoms. The number of amides is 1. The average molecular weight is 566 g/mol. The molecule has 0 aromatic heterocycles. The summed E-state index contributed by atoms with van der Waals surface area (Å²) >= 11 is 0. The van der Waals surface area contributed by atoms with Gasteiger partial charge in [-0.1, -0.05) is 85.8 Å². The fraction of sp³-hybridized carbons (Fsp3) is 0.300. The molecule has 5 atom stereocenters. The zero-order valence-corrected chi connectivity index (χ0v) is 23.3. The lowest BCUT2D eigenvalue weighted by molar-refractivity contribution is -0.257. The van der Waals surface area contributed by atoms with Gasteiger partial charge >= 0.3 is 11.9 Å². The second kappa shape index (κ2) is 12.6. The lowest BCUT2D eigenvalue weighted by Crippen LogP contribution is -2.65. The van der Waals surface area contributed by atoms with Crippen LogP contribution in [0.15, 0.2) is 84.9 Å². The number of aliphatic hydroxyl groups is 1. The first-order valence-corrected chi connectivity index (χ1v) is 14.7. The number of esters is 2. The van der Waals surface area contributed by atoms with Crippen molar-refractivity contribution in [3.05, 3.63) is 90.5 Å². The molecule has 1 aliphatic rings. The summed E-state index contributed by atoms with van der Waals surface area (Å²) in [6.45, 7) is 4.15. The Balaban J connectivity index is 1.77. The molecule has 4 rings (SSSR count). The molecule has 210 valence electrons. The number of hydrogen-bond acceptors (Lipinski definition) is 8. The summed E-state index contributed by atoms with van der Waals surface area (Å²) in [6.07, 6.45) is -4.32. The van der Waals surface area contributed by atoms with Gasteiger partial charge < -0.3 is 29.2 Å². The Morgan fingerprint density at radius 1 is 0.825 bits per heavy atom. The minimum Gasteiger partial charge on any atom is -0.456 e. The lowest BCUT2D eigenvalue weighted by atomic mass is 9.94. The summed E-state index contributed by atoms with van der Waals surface area (Å²) in [5.41, 5.74) is 0.106. The molecular formula is C30H32NO8P. The molecular weight excluding hydrogens is 533 g/mol. The molecule has 0 spiro atoms. The van der Waals surface area contributed by atoms with E-state index in [2.05, 4.69) is 5.32 Å². The molecule has 0 aliphatic carbocycles. The number of benzene rings is 3. The van der Waals surface area contributed by atoms with E-state index in [0.717, 1.165) is 0 Å². The molecule has 3 aromatic rings. The first-order chi connectivity index (χ1) is 19.2. The summed E-state index contributed by atoms with van der Waals surface area (Å²) in [5.74, 6) is -2.00. The molecule has 1 amide bonds. The molecule has 1 aliphatic heterocycles. The van der Waals surface area contributed by atoms with Crippen molar-refractivity contribution in [2.45, 2.75) is 57.8 Å². The fourth-order valence-electron chi connectivity index (χ4n) is 4.94. The van der Waals surface area contributed by atoms with Crippen molar-refractivity contribution < 1.29 is 38.3 Å². The summed E-state index contributed by atoms with van der Waals surface area (Å²) in [5, 5.41) is 14.9. The standard InChI is InChI=1S/C30H32NO8P/c1-4-24-27(37-19(2)32)28(38-20(3)33)26(30(35)39-24)31-29(34)23-17-11-12-18-25(23)40(36,21-13-7-5-8-14-21)22-15-9-6-10-16-22/h5-18,24,26-28,30,35H,4H2,1-3H3,(H,31,34)/t24?,26?,27-,28-,30?/m1/s1. The highest BCUT2D eigenvalue weighted by molar-refractivity contribution is 7.85. The third-order valence-corrected chi connectivity index (χ3v) is 9.82. The van der Waals surface area contributed by atoms with Crippen molar-refractivity contribution in [3.63, 3.8) is 0 Å². The van der Waals surface area contributed by atoms with Crippen LogP contribution in [0.5, 0.6) is 0 Å². The molecule has 2 N–H and O–H groups in total. The molecule has 3 unspecified atom stereocenters. The Labute approximate surface area is 232 Å². The Bertz CT molecular complexity index is 1350. The fourth-order valence-corrected chi connectivity index (χ4v) is 7.79. The molecule has 1 heterocycles. The molecule has 0 radical (unpaired) electrons. The van der Waals surface area contributed by atoms with Crippen LogP contribution in [0.25, 0.3) is 0 Å². The summed E-state index contributed by atoms with van der Waals surface area (Å²) in [6, 6.07) is 23.0. The smallest absolute Gasteiger partial charge is 0.303 e. The second-order valence-corrected chi connectivity index (χ2v) is 12.2. The maximum absolute atomic E-state index is 15.0. The monoisotopic (exact) mass is 565 g/mol. The van der Waals surface area contributed by atoms with Crippen LogP contribution >= 0.6 is 7.14 Å². The van der Waals surface area contributed by atoms with E-state index in [9.17, 15) is 24.1 Å². The van der Waals surface area contributed by atoms with Gasteiger partial charge in [-0.25, -0.2) is 0 Å². The zero-order chi connectivity index (χ0) is 28.9. The van der Waals surface area contributed by atoms with E-state index < -0.39 is 55.6 Å². The quantitative estimate of drug-likeness (QED) is 0.315. The van der Waals surface area contributed by atoms with E-state index in [0.29, 0.717) is 22.3 Å². The van der Waals surface area contributed by atoms with Crippen molar-refractivity contribution in [1.29, 1.82) is 0 Å². The van der Waals surface area contributed by atoms with E-state index in [4.69, 9.17) is 14.2 Å². The van der Waals surface area contributed by atoms with Crippen LogP contribution in [0, 0.1) is 0 Å². The van der Waals surface area contributed by atoms with Gasteiger partial charge in [-0.05, 0) is 12.5 Å². The van der Waals surface area contributed by atoms with Crippen LogP contribution in [0.1, 0.15) is 37.6 Å². The van der Waals surface area contributed by atoms with Crippen molar-refractivity contribution in [1.82, 2.24) is 5.32 Å². The van der Waals surface area contributed by atoms with Crippen molar-refractivity contribution in [2.24, 2.45) is 0 Å².